The monoisotopic (exact) mass is 286 g/mol. The molecule has 2 N–H and O–H groups in total. The van der Waals surface area contributed by atoms with Gasteiger partial charge in [-0.3, -0.25) is 0 Å². The Labute approximate surface area is 128 Å². The lowest BCUT2D eigenvalue weighted by Gasteiger charge is -2.33. The van der Waals surface area contributed by atoms with Crippen LogP contribution >= 0.6 is 0 Å². The van der Waals surface area contributed by atoms with Crippen LogP contribution in [0, 0.1) is 17.2 Å². The minimum absolute atomic E-state index is 0.205. The van der Waals surface area contributed by atoms with Crippen LogP contribution in [-0.2, 0) is 0 Å². The third-order valence-electron chi connectivity index (χ3n) is 4.64. The van der Waals surface area contributed by atoms with Crippen molar-refractivity contribution >= 4 is 0 Å². The topological polar surface area (TPSA) is 56.0 Å². The first-order valence-electron chi connectivity index (χ1n) is 8.11. The summed E-state index contributed by atoms with van der Waals surface area (Å²) in [7, 11) is 0. The number of nitrogens with zero attached hydrogens (tertiary/aromatic N) is 1. The lowest BCUT2D eigenvalue weighted by Crippen LogP contribution is -2.39. The maximum Gasteiger partial charge on any atom is 0.0991 e. The molecule has 0 radical (unpaired) electrons. The molecule has 0 bridgehead atoms. The van der Waals surface area contributed by atoms with Crippen LogP contribution in [0.15, 0.2) is 24.3 Å². The van der Waals surface area contributed by atoms with Gasteiger partial charge in [-0.2, -0.15) is 5.26 Å². The van der Waals surface area contributed by atoms with Crippen molar-refractivity contribution in [2.75, 3.05) is 6.61 Å². The van der Waals surface area contributed by atoms with Crippen molar-refractivity contribution in [3.8, 4) is 6.07 Å². The van der Waals surface area contributed by atoms with Gasteiger partial charge in [0, 0.05) is 18.7 Å². The highest BCUT2D eigenvalue weighted by Gasteiger charge is 2.24. The highest BCUT2D eigenvalue weighted by atomic mass is 16.3. The molecule has 2 unspecified atom stereocenters. The first-order valence-corrected chi connectivity index (χ1v) is 8.11. The molecule has 3 nitrogen and oxygen atoms in total. The summed E-state index contributed by atoms with van der Waals surface area (Å²) in [4.78, 5) is 0. The summed E-state index contributed by atoms with van der Waals surface area (Å²) in [5, 5.41) is 22.0. The SMILES string of the molecule is CC(NC(CCO)C1CCCCC1)c1cccc(C#N)c1. The third kappa shape index (κ3) is 4.56. The standard InChI is InChI=1S/C18H26N2O/c1-14(17-9-5-6-15(12-17)13-19)20-18(10-11-21)16-7-3-2-4-8-16/h5-6,9,12,14,16,18,20-21H,2-4,7-8,10-11H2,1H3. The number of aliphatic hydroxyl groups is 1. The van der Waals surface area contributed by atoms with Gasteiger partial charge in [-0.25, -0.2) is 0 Å². The van der Waals surface area contributed by atoms with E-state index in [0.29, 0.717) is 17.5 Å². The highest BCUT2D eigenvalue weighted by molar-refractivity contribution is 5.34. The van der Waals surface area contributed by atoms with Crippen molar-refractivity contribution < 1.29 is 5.11 Å². The molecule has 2 rings (SSSR count). The van der Waals surface area contributed by atoms with Crippen LogP contribution < -0.4 is 5.32 Å². The second-order valence-corrected chi connectivity index (χ2v) is 6.14. The number of hydrogen-bond acceptors (Lipinski definition) is 3. The molecule has 1 aliphatic rings. The molecule has 0 aromatic heterocycles. The number of aliphatic hydroxyl groups excluding tert-OH is 1. The van der Waals surface area contributed by atoms with Crippen LogP contribution in [0.1, 0.15) is 62.6 Å². The lowest BCUT2D eigenvalue weighted by atomic mass is 9.82. The predicted octanol–water partition coefficient (Wildman–Crippen LogP) is 3.54. The molecule has 0 aliphatic heterocycles. The second-order valence-electron chi connectivity index (χ2n) is 6.14. The van der Waals surface area contributed by atoms with E-state index in [-0.39, 0.29) is 12.6 Å². The molecule has 2 atom stereocenters. The van der Waals surface area contributed by atoms with Crippen LogP contribution in [0.2, 0.25) is 0 Å². The summed E-state index contributed by atoms with van der Waals surface area (Å²) >= 11 is 0. The fourth-order valence-corrected chi connectivity index (χ4v) is 3.43. The van der Waals surface area contributed by atoms with Gasteiger partial charge < -0.3 is 10.4 Å². The molecule has 0 amide bonds. The summed E-state index contributed by atoms with van der Waals surface area (Å²) in [5.74, 6) is 0.674. The van der Waals surface area contributed by atoms with Crippen molar-refractivity contribution in [3.05, 3.63) is 35.4 Å². The normalized spacial score (nSPS) is 18.9. The molecule has 1 aromatic rings. The molecule has 1 saturated carbocycles. The van der Waals surface area contributed by atoms with Gasteiger partial charge in [0.1, 0.15) is 0 Å². The zero-order valence-electron chi connectivity index (χ0n) is 12.9. The molecule has 3 heteroatoms. The lowest BCUT2D eigenvalue weighted by molar-refractivity contribution is 0.198. The molecule has 1 aromatic carbocycles. The molecule has 114 valence electrons. The van der Waals surface area contributed by atoms with Crippen molar-refractivity contribution in [3.63, 3.8) is 0 Å². The second kappa shape index (κ2) is 8.17. The predicted molar refractivity (Wildman–Crippen MR) is 84.8 cm³/mol. The minimum atomic E-state index is 0.205. The zero-order valence-corrected chi connectivity index (χ0v) is 12.9. The summed E-state index contributed by atoms with van der Waals surface area (Å²) in [6.45, 7) is 2.38. The van der Waals surface area contributed by atoms with Crippen LogP contribution in [0.4, 0.5) is 0 Å². The van der Waals surface area contributed by atoms with Crippen LogP contribution in [0.5, 0.6) is 0 Å². The molecular formula is C18H26N2O. The summed E-state index contributed by atoms with van der Waals surface area (Å²) in [5.41, 5.74) is 1.85. The largest absolute Gasteiger partial charge is 0.396 e. The number of benzene rings is 1. The van der Waals surface area contributed by atoms with Crippen LogP contribution in [-0.4, -0.2) is 17.8 Å². The van der Waals surface area contributed by atoms with Gasteiger partial charge in [-0.05, 0) is 49.8 Å². The molecule has 1 aliphatic carbocycles. The van der Waals surface area contributed by atoms with Crippen LogP contribution in [0.25, 0.3) is 0 Å². The van der Waals surface area contributed by atoms with E-state index in [2.05, 4.69) is 24.4 Å². The molecule has 0 heterocycles. The number of rotatable bonds is 6. The Morgan fingerprint density at radius 3 is 2.76 bits per heavy atom. The van der Waals surface area contributed by atoms with Gasteiger partial charge in [0.05, 0.1) is 11.6 Å². The van der Waals surface area contributed by atoms with E-state index in [0.717, 1.165) is 12.0 Å². The maximum atomic E-state index is 9.35. The van der Waals surface area contributed by atoms with E-state index < -0.39 is 0 Å². The van der Waals surface area contributed by atoms with E-state index in [1.54, 1.807) is 0 Å². The molecule has 21 heavy (non-hydrogen) atoms. The fourth-order valence-electron chi connectivity index (χ4n) is 3.43. The number of nitrogens with one attached hydrogen (secondary N) is 1. The maximum absolute atomic E-state index is 9.35. The minimum Gasteiger partial charge on any atom is -0.396 e. The Bertz CT molecular complexity index is 474. The summed E-state index contributed by atoms with van der Waals surface area (Å²) in [6, 6.07) is 10.6. The smallest absolute Gasteiger partial charge is 0.0991 e. The Morgan fingerprint density at radius 1 is 1.33 bits per heavy atom. The Kier molecular flexibility index (Phi) is 6.22. The van der Waals surface area contributed by atoms with Crippen molar-refractivity contribution in [1.82, 2.24) is 5.32 Å². The highest BCUT2D eigenvalue weighted by Crippen LogP contribution is 2.29. The summed E-state index contributed by atoms with van der Waals surface area (Å²) in [6.07, 6.45) is 7.32. The van der Waals surface area contributed by atoms with Gasteiger partial charge in [0.25, 0.3) is 0 Å². The van der Waals surface area contributed by atoms with Gasteiger partial charge in [-0.15, -0.1) is 0 Å². The van der Waals surface area contributed by atoms with E-state index in [4.69, 9.17) is 5.26 Å². The van der Waals surface area contributed by atoms with E-state index in [1.165, 1.54) is 32.1 Å². The Morgan fingerprint density at radius 2 is 2.10 bits per heavy atom. The Balaban J connectivity index is 2.02. The van der Waals surface area contributed by atoms with E-state index in [9.17, 15) is 5.11 Å². The first kappa shape index (κ1) is 16.0. The third-order valence-corrected chi connectivity index (χ3v) is 4.64. The quantitative estimate of drug-likeness (QED) is 0.841. The molecular weight excluding hydrogens is 260 g/mol. The van der Waals surface area contributed by atoms with Gasteiger partial charge in [0.2, 0.25) is 0 Å². The Hall–Kier alpha value is -1.37. The molecule has 1 fully saturated rings. The van der Waals surface area contributed by atoms with Crippen molar-refractivity contribution in [2.24, 2.45) is 5.92 Å². The van der Waals surface area contributed by atoms with Crippen molar-refractivity contribution in [2.45, 2.75) is 57.5 Å². The van der Waals surface area contributed by atoms with E-state index >= 15 is 0 Å². The van der Waals surface area contributed by atoms with Crippen LogP contribution in [0.3, 0.4) is 0 Å². The molecule has 0 spiro atoms. The van der Waals surface area contributed by atoms with Crippen molar-refractivity contribution in [1.29, 1.82) is 5.26 Å². The van der Waals surface area contributed by atoms with Gasteiger partial charge in [-0.1, -0.05) is 31.4 Å². The molecule has 0 saturated heterocycles. The van der Waals surface area contributed by atoms with Gasteiger partial charge in [0.15, 0.2) is 0 Å². The number of nitriles is 1. The summed E-state index contributed by atoms with van der Waals surface area (Å²) < 4.78 is 0. The first-order chi connectivity index (χ1) is 10.2. The average Bonchev–Trinajstić information content (AvgIpc) is 2.55. The van der Waals surface area contributed by atoms with Gasteiger partial charge >= 0.3 is 0 Å². The number of hydrogen-bond donors (Lipinski definition) is 2. The zero-order chi connectivity index (χ0) is 15.1. The average molecular weight is 286 g/mol. The van der Waals surface area contributed by atoms with E-state index in [1.807, 2.05) is 18.2 Å². The fraction of sp³-hybridized carbons (Fsp3) is 0.611.